The molecule has 108 valence electrons. The summed E-state index contributed by atoms with van der Waals surface area (Å²) >= 11 is 0. The summed E-state index contributed by atoms with van der Waals surface area (Å²) in [5.74, 6) is -0.334. The van der Waals surface area contributed by atoms with Crippen LogP contribution in [0.2, 0.25) is 0 Å². The quantitative estimate of drug-likeness (QED) is 0.876. The molecule has 2 aromatic carbocycles. The molecule has 0 heterocycles. The zero-order valence-electron chi connectivity index (χ0n) is 11.5. The molecule has 0 saturated heterocycles. The highest BCUT2D eigenvalue weighted by molar-refractivity contribution is 7.92. The third-order valence-corrected chi connectivity index (χ3v) is 5.95. The lowest BCUT2D eigenvalue weighted by molar-refractivity contribution is 0.0976. The van der Waals surface area contributed by atoms with Gasteiger partial charge in [0.25, 0.3) is 0 Å². The SMILES string of the molecule is O=C1c2ccccc2CCC1S(=O)(=O)Cc1ccccc1. The molecule has 0 N–H and O–H groups in total. The van der Waals surface area contributed by atoms with Crippen LogP contribution in [0.4, 0.5) is 0 Å². The van der Waals surface area contributed by atoms with Crippen molar-refractivity contribution in [3.05, 3.63) is 71.3 Å². The van der Waals surface area contributed by atoms with E-state index in [1.54, 1.807) is 24.3 Å². The summed E-state index contributed by atoms with van der Waals surface area (Å²) in [6.07, 6.45) is 1.02. The van der Waals surface area contributed by atoms with E-state index in [9.17, 15) is 13.2 Å². The number of hydrogen-bond acceptors (Lipinski definition) is 3. The molecule has 0 spiro atoms. The Kier molecular flexibility index (Phi) is 3.64. The Bertz CT molecular complexity index is 764. The molecule has 0 fully saturated rings. The van der Waals surface area contributed by atoms with Gasteiger partial charge in [0.15, 0.2) is 15.6 Å². The number of fused-ring (bicyclic) bond motifs is 1. The van der Waals surface area contributed by atoms with E-state index in [1.165, 1.54) is 0 Å². The minimum Gasteiger partial charge on any atom is -0.293 e. The highest BCUT2D eigenvalue weighted by Gasteiger charge is 2.36. The minimum atomic E-state index is -3.48. The van der Waals surface area contributed by atoms with Crippen LogP contribution >= 0.6 is 0 Å². The third kappa shape index (κ3) is 2.76. The first-order valence-corrected chi connectivity index (χ1v) is 8.67. The molecule has 1 aliphatic rings. The highest BCUT2D eigenvalue weighted by atomic mass is 32.2. The Balaban J connectivity index is 1.89. The summed E-state index contributed by atoms with van der Waals surface area (Å²) in [4.78, 5) is 12.5. The van der Waals surface area contributed by atoms with Crippen LogP contribution in [0.3, 0.4) is 0 Å². The Labute approximate surface area is 124 Å². The summed E-state index contributed by atoms with van der Waals surface area (Å²) in [7, 11) is -3.48. The normalized spacial score (nSPS) is 18.3. The van der Waals surface area contributed by atoms with Gasteiger partial charge in [-0.15, -0.1) is 0 Å². The van der Waals surface area contributed by atoms with Gasteiger partial charge in [0.2, 0.25) is 0 Å². The lowest BCUT2D eigenvalue weighted by Crippen LogP contribution is -2.35. The van der Waals surface area contributed by atoms with Gasteiger partial charge in [-0.25, -0.2) is 8.42 Å². The number of sulfone groups is 1. The zero-order valence-corrected chi connectivity index (χ0v) is 12.3. The molecular weight excluding hydrogens is 284 g/mol. The fourth-order valence-corrected chi connectivity index (χ4v) is 4.61. The van der Waals surface area contributed by atoms with Crippen molar-refractivity contribution in [3.8, 4) is 0 Å². The average Bonchev–Trinajstić information content (AvgIpc) is 2.48. The molecule has 3 rings (SSSR count). The Morgan fingerprint density at radius 2 is 1.62 bits per heavy atom. The van der Waals surface area contributed by atoms with E-state index in [2.05, 4.69) is 0 Å². The van der Waals surface area contributed by atoms with Crippen LogP contribution in [-0.2, 0) is 22.0 Å². The largest absolute Gasteiger partial charge is 0.293 e. The molecule has 21 heavy (non-hydrogen) atoms. The molecule has 1 unspecified atom stereocenters. The molecule has 0 amide bonds. The lowest BCUT2D eigenvalue weighted by atomic mass is 9.90. The van der Waals surface area contributed by atoms with Gasteiger partial charge in [-0.1, -0.05) is 54.6 Å². The van der Waals surface area contributed by atoms with Gasteiger partial charge in [-0.05, 0) is 24.0 Å². The average molecular weight is 300 g/mol. The van der Waals surface area contributed by atoms with Gasteiger partial charge in [0, 0.05) is 5.56 Å². The van der Waals surface area contributed by atoms with Crippen LogP contribution in [0, 0.1) is 0 Å². The van der Waals surface area contributed by atoms with Crippen LogP contribution in [0.1, 0.15) is 27.9 Å². The van der Waals surface area contributed by atoms with Crippen LogP contribution in [0.25, 0.3) is 0 Å². The van der Waals surface area contributed by atoms with E-state index in [-0.39, 0.29) is 11.5 Å². The van der Waals surface area contributed by atoms with E-state index in [0.29, 0.717) is 18.4 Å². The molecule has 2 aromatic rings. The maximum atomic E-state index is 12.6. The number of carbonyl (C=O) groups excluding carboxylic acids is 1. The van der Waals surface area contributed by atoms with Crippen molar-refractivity contribution in [3.63, 3.8) is 0 Å². The first kappa shape index (κ1) is 14.0. The molecule has 3 nitrogen and oxygen atoms in total. The van der Waals surface area contributed by atoms with Crippen molar-refractivity contribution in [1.29, 1.82) is 0 Å². The second-order valence-corrected chi connectivity index (χ2v) is 7.52. The summed E-state index contributed by atoms with van der Waals surface area (Å²) in [6.45, 7) is 0. The number of rotatable bonds is 3. The van der Waals surface area contributed by atoms with Gasteiger partial charge >= 0.3 is 0 Å². The first-order valence-electron chi connectivity index (χ1n) is 6.95. The van der Waals surface area contributed by atoms with Crippen LogP contribution < -0.4 is 0 Å². The Hall–Kier alpha value is -1.94. The van der Waals surface area contributed by atoms with E-state index in [0.717, 1.165) is 11.1 Å². The number of benzene rings is 2. The number of aryl methyl sites for hydroxylation is 1. The molecule has 0 saturated carbocycles. The van der Waals surface area contributed by atoms with Crippen molar-refractivity contribution < 1.29 is 13.2 Å². The van der Waals surface area contributed by atoms with Gasteiger partial charge in [0.05, 0.1) is 5.75 Å². The van der Waals surface area contributed by atoms with Crippen molar-refractivity contribution in [1.82, 2.24) is 0 Å². The molecule has 0 bridgehead atoms. The second-order valence-electron chi connectivity index (χ2n) is 5.34. The van der Waals surface area contributed by atoms with E-state index in [4.69, 9.17) is 0 Å². The van der Waals surface area contributed by atoms with Crippen LogP contribution in [-0.4, -0.2) is 19.5 Å². The fraction of sp³-hybridized carbons (Fsp3) is 0.235. The smallest absolute Gasteiger partial charge is 0.181 e. The van der Waals surface area contributed by atoms with Gasteiger partial charge < -0.3 is 0 Å². The van der Waals surface area contributed by atoms with E-state index >= 15 is 0 Å². The van der Waals surface area contributed by atoms with Crippen molar-refractivity contribution in [2.75, 3.05) is 0 Å². The van der Waals surface area contributed by atoms with Crippen molar-refractivity contribution >= 4 is 15.6 Å². The molecule has 0 aliphatic heterocycles. The molecular formula is C17H16O3S. The van der Waals surface area contributed by atoms with Gasteiger partial charge in [-0.2, -0.15) is 0 Å². The molecule has 0 aromatic heterocycles. The van der Waals surface area contributed by atoms with Gasteiger partial charge in [0.1, 0.15) is 5.25 Å². The fourth-order valence-electron chi connectivity index (χ4n) is 2.82. The van der Waals surface area contributed by atoms with Gasteiger partial charge in [-0.3, -0.25) is 4.79 Å². The predicted octanol–water partition coefficient (Wildman–Crippen LogP) is 2.80. The Morgan fingerprint density at radius 3 is 2.38 bits per heavy atom. The Morgan fingerprint density at radius 1 is 0.952 bits per heavy atom. The second kappa shape index (κ2) is 5.45. The summed E-state index contributed by atoms with van der Waals surface area (Å²) in [5, 5.41) is -0.910. The molecule has 1 atom stereocenters. The standard InChI is InChI=1S/C17H16O3S/c18-17-15-9-5-4-8-14(15)10-11-16(17)21(19,20)12-13-6-2-1-3-7-13/h1-9,16H,10-12H2. The monoisotopic (exact) mass is 300 g/mol. The molecule has 4 heteroatoms. The number of ketones is 1. The molecule has 0 radical (unpaired) electrons. The maximum Gasteiger partial charge on any atom is 0.181 e. The van der Waals surface area contributed by atoms with Crippen molar-refractivity contribution in [2.45, 2.75) is 23.8 Å². The van der Waals surface area contributed by atoms with Crippen molar-refractivity contribution in [2.24, 2.45) is 0 Å². The zero-order chi connectivity index (χ0) is 14.9. The summed E-state index contributed by atoms with van der Waals surface area (Å²) in [5.41, 5.74) is 2.24. The highest BCUT2D eigenvalue weighted by Crippen LogP contribution is 2.27. The summed E-state index contributed by atoms with van der Waals surface area (Å²) in [6, 6.07) is 16.3. The number of hydrogen-bond donors (Lipinski definition) is 0. The first-order chi connectivity index (χ1) is 10.1. The van der Waals surface area contributed by atoms with Crippen LogP contribution in [0.15, 0.2) is 54.6 Å². The van der Waals surface area contributed by atoms with E-state index in [1.807, 2.05) is 30.3 Å². The maximum absolute atomic E-state index is 12.6. The van der Waals surface area contributed by atoms with E-state index < -0.39 is 15.1 Å². The number of carbonyl (C=O) groups is 1. The summed E-state index contributed by atoms with van der Waals surface area (Å²) < 4.78 is 25.1. The lowest BCUT2D eigenvalue weighted by Gasteiger charge is -2.23. The minimum absolute atomic E-state index is 0.0770. The van der Waals surface area contributed by atoms with Crippen LogP contribution in [0.5, 0.6) is 0 Å². The number of Topliss-reactive ketones (excluding diaryl/α,β-unsaturated/α-hetero) is 1. The topological polar surface area (TPSA) is 51.2 Å². The molecule has 1 aliphatic carbocycles. The third-order valence-electron chi connectivity index (χ3n) is 3.90. The predicted molar refractivity (Wildman–Crippen MR) is 81.9 cm³/mol.